The summed E-state index contributed by atoms with van der Waals surface area (Å²) in [6.45, 7) is 16.0. The van der Waals surface area contributed by atoms with Crippen molar-refractivity contribution in [1.82, 2.24) is 9.80 Å². The predicted octanol–water partition coefficient (Wildman–Crippen LogP) is 4.70. The zero-order valence-electron chi connectivity index (χ0n) is 24.2. The molecule has 1 N–H and O–H groups in total. The van der Waals surface area contributed by atoms with E-state index in [1.165, 1.54) is 0 Å². The van der Waals surface area contributed by atoms with Crippen LogP contribution in [-0.2, 0) is 14.4 Å². The standard InChI is InChI=1S/C31H42ClN3O4S/c1-8-16-33(7)27(37)23-24-28(38)35(22(18-36)19(4)10-3)26(31(24)15-14-30(23,6)40-31)29(39)34(17-9-2)25-20(5)12-11-13-21(25)32/h8-9,11-13,19,22-24,26,36H,1-2,10,14-18H2,3-7H3/t19-,22-,23-,24-,26?,30+,31?/m0/s1. The molecule has 3 heterocycles. The van der Waals surface area contributed by atoms with E-state index < -0.39 is 33.4 Å². The molecule has 1 spiro atoms. The number of anilines is 1. The Morgan fingerprint density at radius 2 is 1.93 bits per heavy atom. The first-order valence-corrected chi connectivity index (χ1v) is 15.3. The summed E-state index contributed by atoms with van der Waals surface area (Å²) in [5.41, 5.74) is 1.43. The molecule has 3 aliphatic rings. The monoisotopic (exact) mass is 587 g/mol. The molecule has 3 amide bonds. The Balaban J connectivity index is 1.91. The molecular weight excluding hydrogens is 546 g/mol. The lowest BCUT2D eigenvalue weighted by atomic mass is 9.66. The van der Waals surface area contributed by atoms with E-state index in [0.717, 1.165) is 18.4 Å². The van der Waals surface area contributed by atoms with Gasteiger partial charge in [0.2, 0.25) is 11.8 Å². The van der Waals surface area contributed by atoms with Crippen LogP contribution in [0.2, 0.25) is 5.02 Å². The number of aliphatic hydroxyl groups excluding tert-OH is 1. The van der Waals surface area contributed by atoms with E-state index in [0.29, 0.717) is 23.7 Å². The number of carbonyl (C=O) groups is 3. The van der Waals surface area contributed by atoms with Gasteiger partial charge in [0.05, 0.1) is 39.9 Å². The molecule has 1 aromatic carbocycles. The number of likely N-dealkylation sites (N-methyl/N-ethyl adjacent to an activating group) is 1. The first kappa shape index (κ1) is 30.7. The van der Waals surface area contributed by atoms with Gasteiger partial charge >= 0.3 is 0 Å². The Morgan fingerprint density at radius 3 is 2.50 bits per heavy atom. The summed E-state index contributed by atoms with van der Waals surface area (Å²) >= 11 is 8.30. The summed E-state index contributed by atoms with van der Waals surface area (Å²) in [7, 11) is 1.73. The van der Waals surface area contributed by atoms with Crippen LogP contribution in [0, 0.1) is 24.7 Å². The second kappa shape index (κ2) is 11.5. The molecule has 7 nitrogen and oxygen atoms in total. The van der Waals surface area contributed by atoms with Crippen molar-refractivity contribution < 1.29 is 19.5 Å². The maximum absolute atomic E-state index is 14.9. The number of nitrogens with zero attached hydrogens (tertiary/aromatic N) is 3. The van der Waals surface area contributed by atoms with E-state index in [1.807, 2.05) is 32.9 Å². The first-order chi connectivity index (χ1) is 18.9. The third kappa shape index (κ3) is 4.60. The smallest absolute Gasteiger partial charge is 0.251 e. The lowest BCUT2D eigenvalue weighted by Gasteiger charge is -2.41. The molecular formula is C31H42ClN3O4S. The molecule has 4 rings (SSSR count). The van der Waals surface area contributed by atoms with E-state index in [2.05, 4.69) is 20.1 Å². The van der Waals surface area contributed by atoms with E-state index in [4.69, 9.17) is 11.6 Å². The molecule has 3 aliphatic heterocycles. The fourth-order valence-corrected chi connectivity index (χ4v) is 9.90. The molecule has 1 aromatic rings. The second-order valence-electron chi connectivity index (χ2n) is 11.8. The van der Waals surface area contributed by atoms with Gasteiger partial charge in [-0.25, -0.2) is 0 Å². The SMILES string of the molecule is C=CCN(C)C(=O)[C@@H]1[C@H]2C(=O)N([C@@H](CO)[C@@H](C)CC)C(C(=O)N(CC=C)c3c(C)cccc3Cl)C23CC[C@@]1(C)S3. The molecule has 2 bridgehead atoms. The average molecular weight is 588 g/mol. The summed E-state index contributed by atoms with van der Waals surface area (Å²) in [4.78, 5) is 48.3. The van der Waals surface area contributed by atoms with Crippen molar-refractivity contribution in [2.45, 2.75) is 68.5 Å². The number of aryl methyl sites for hydroxylation is 1. The van der Waals surface area contributed by atoms with Crippen LogP contribution < -0.4 is 4.90 Å². The number of halogens is 1. The zero-order valence-corrected chi connectivity index (χ0v) is 25.8. The maximum Gasteiger partial charge on any atom is 0.251 e. The van der Waals surface area contributed by atoms with Gasteiger partial charge in [0.15, 0.2) is 0 Å². The van der Waals surface area contributed by atoms with Gasteiger partial charge in [-0.2, -0.15) is 0 Å². The van der Waals surface area contributed by atoms with Crippen LogP contribution >= 0.6 is 23.4 Å². The predicted molar refractivity (Wildman–Crippen MR) is 162 cm³/mol. The van der Waals surface area contributed by atoms with Crippen LogP contribution in [0.1, 0.15) is 45.6 Å². The number of hydrogen-bond donors (Lipinski definition) is 1. The Bertz CT molecular complexity index is 1190. The molecule has 3 fully saturated rings. The number of likely N-dealkylation sites (tertiary alicyclic amines) is 1. The molecule has 0 saturated carbocycles. The minimum atomic E-state index is -0.860. The third-order valence-electron chi connectivity index (χ3n) is 9.37. The van der Waals surface area contributed by atoms with Gasteiger partial charge in [-0.15, -0.1) is 24.9 Å². The number of rotatable bonds is 11. The number of hydrogen-bond acceptors (Lipinski definition) is 5. The van der Waals surface area contributed by atoms with Crippen LogP contribution in [0.25, 0.3) is 0 Å². The lowest BCUT2D eigenvalue weighted by molar-refractivity contribution is -0.146. The molecule has 0 aromatic heterocycles. The molecule has 3 saturated heterocycles. The largest absolute Gasteiger partial charge is 0.394 e. The fourth-order valence-electron chi connectivity index (χ4n) is 7.24. The average Bonchev–Trinajstić information content (AvgIpc) is 3.48. The van der Waals surface area contributed by atoms with E-state index in [9.17, 15) is 19.5 Å². The van der Waals surface area contributed by atoms with Gasteiger partial charge in [0, 0.05) is 24.9 Å². The van der Waals surface area contributed by atoms with Crippen LogP contribution in [0.15, 0.2) is 43.5 Å². The summed E-state index contributed by atoms with van der Waals surface area (Å²) in [6.07, 6.45) is 5.41. The number of aliphatic hydroxyl groups is 1. The Kier molecular flexibility index (Phi) is 8.84. The van der Waals surface area contributed by atoms with E-state index in [-0.39, 0.29) is 36.8 Å². The van der Waals surface area contributed by atoms with Crippen molar-refractivity contribution in [3.05, 3.63) is 54.1 Å². The van der Waals surface area contributed by atoms with Gasteiger partial charge in [-0.1, -0.05) is 56.2 Å². The van der Waals surface area contributed by atoms with Crippen molar-refractivity contribution in [3.63, 3.8) is 0 Å². The lowest BCUT2D eigenvalue weighted by Crippen LogP contribution is -2.59. The molecule has 218 valence electrons. The van der Waals surface area contributed by atoms with Gasteiger partial charge in [0.1, 0.15) is 6.04 Å². The zero-order chi connectivity index (χ0) is 29.6. The minimum absolute atomic E-state index is 0.0512. The van der Waals surface area contributed by atoms with Crippen molar-refractivity contribution in [3.8, 4) is 0 Å². The molecule has 7 atom stereocenters. The van der Waals surface area contributed by atoms with Crippen LogP contribution in [0.4, 0.5) is 5.69 Å². The van der Waals surface area contributed by atoms with Crippen LogP contribution in [0.5, 0.6) is 0 Å². The van der Waals surface area contributed by atoms with Gasteiger partial charge < -0.3 is 19.8 Å². The Morgan fingerprint density at radius 1 is 1.25 bits per heavy atom. The van der Waals surface area contributed by atoms with Crippen molar-refractivity contribution in [2.75, 3.05) is 31.6 Å². The second-order valence-corrected chi connectivity index (χ2v) is 14.1. The number of thioether (sulfide) groups is 1. The number of benzene rings is 1. The normalized spacial score (nSPS) is 30.1. The minimum Gasteiger partial charge on any atom is -0.394 e. The Hall–Kier alpha value is -2.29. The topological polar surface area (TPSA) is 81.2 Å². The summed E-state index contributed by atoms with van der Waals surface area (Å²) in [6, 6.07) is 4.08. The van der Waals surface area contributed by atoms with Crippen molar-refractivity contribution in [1.29, 1.82) is 0 Å². The third-order valence-corrected chi connectivity index (χ3v) is 11.7. The van der Waals surface area contributed by atoms with Crippen molar-refractivity contribution in [2.24, 2.45) is 17.8 Å². The highest BCUT2D eigenvalue weighted by Crippen LogP contribution is 2.72. The van der Waals surface area contributed by atoms with Gasteiger partial charge in [-0.3, -0.25) is 14.4 Å². The summed E-state index contributed by atoms with van der Waals surface area (Å²) in [5.74, 6) is -1.86. The summed E-state index contributed by atoms with van der Waals surface area (Å²) in [5, 5.41) is 11.1. The van der Waals surface area contributed by atoms with E-state index >= 15 is 0 Å². The Labute approximate surface area is 247 Å². The quantitative estimate of drug-likeness (QED) is 0.380. The fraction of sp³-hybridized carbons (Fsp3) is 0.581. The molecule has 0 radical (unpaired) electrons. The maximum atomic E-state index is 14.9. The van der Waals surface area contributed by atoms with Gasteiger partial charge in [-0.05, 0) is 44.2 Å². The number of fused-ring (bicyclic) bond motifs is 1. The number of carbonyl (C=O) groups excluding carboxylic acids is 3. The first-order valence-electron chi connectivity index (χ1n) is 14.1. The van der Waals surface area contributed by atoms with E-state index in [1.54, 1.807) is 51.7 Å². The summed E-state index contributed by atoms with van der Waals surface area (Å²) < 4.78 is -1.28. The highest BCUT2D eigenvalue weighted by atomic mass is 35.5. The van der Waals surface area contributed by atoms with Crippen LogP contribution in [0.3, 0.4) is 0 Å². The molecule has 2 unspecified atom stereocenters. The molecule has 0 aliphatic carbocycles. The molecule has 9 heteroatoms. The molecule has 40 heavy (non-hydrogen) atoms. The highest BCUT2D eigenvalue weighted by molar-refractivity contribution is 8.02. The van der Waals surface area contributed by atoms with Gasteiger partial charge in [0.25, 0.3) is 5.91 Å². The highest BCUT2D eigenvalue weighted by Gasteiger charge is 2.78. The van der Waals surface area contributed by atoms with Crippen molar-refractivity contribution >= 4 is 46.8 Å². The number of amides is 3. The number of para-hydroxylation sites is 1. The van der Waals surface area contributed by atoms with Crippen LogP contribution in [-0.4, -0.2) is 80.9 Å².